The number of nitrogens with zero attached hydrogens (tertiary/aromatic N) is 2. The molecule has 3 aliphatic heterocycles. The van der Waals surface area contributed by atoms with Crippen LogP contribution < -0.4 is 10.6 Å². The molecule has 44 heavy (non-hydrogen) atoms. The standard InChI is InChI=1S/C36H60N4O4/c1-23-8-13-36(43-21-23)24(2)33-30(44-36)19-29-27-7-6-25-18-26(9-11-34(25,3)28(27)10-12-35(29,33)4)38-32(42)20-31(41)37-22-40-16-14-39(5)15-17-40/h23-30,33H,6-22H2,1-5H3,(H,37,41)(H,38,42)/t23-,24-,25+,26?,27+,28-,29-,30-,33-,34-,35-,36+/m0/s1. The molecular weight excluding hydrogens is 552 g/mol. The fourth-order valence-corrected chi connectivity index (χ4v) is 12.1. The number of likely N-dealkylation sites (N-methyl/N-ethyl adjacent to an activating group) is 1. The molecular formula is C36H60N4O4. The van der Waals surface area contributed by atoms with E-state index in [2.05, 4.69) is 55.2 Å². The molecule has 248 valence electrons. The molecule has 0 aromatic heterocycles. The van der Waals surface area contributed by atoms with Crippen molar-refractivity contribution in [2.75, 3.05) is 46.5 Å². The molecule has 12 atom stereocenters. The van der Waals surface area contributed by atoms with Crippen LogP contribution in [0, 0.1) is 52.3 Å². The van der Waals surface area contributed by atoms with Gasteiger partial charge in [-0.2, -0.15) is 0 Å². The van der Waals surface area contributed by atoms with E-state index in [1.165, 1.54) is 44.9 Å². The largest absolute Gasteiger partial charge is 0.353 e. The van der Waals surface area contributed by atoms with Gasteiger partial charge in [-0.05, 0) is 111 Å². The maximum absolute atomic E-state index is 12.9. The summed E-state index contributed by atoms with van der Waals surface area (Å²) in [6.07, 6.45) is 12.4. The first-order chi connectivity index (χ1) is 21.0. The molecule has 3 saturated heterocycles. The van der Waals surface area contributed by atoms with Crippen molar-refractivity contribution in [3.8, 4) is 0 Å². The Bertz CT molecular complexity index is 1090. The zero-order valence-corrected chi connectivity index (χ0v) is 28.2. The van der Waals surface area contributed by atoms with Gasteiger partial charge < -0.3 is 25.0 Å². The number of amides is 2. The molecule has 2 amide bonds. The van der Waals surface area contributed by atoms with Crippen LogP contribution in [0.25, 0.3) is 0 Å². The van der Waals surface area contributed by atoms with Crippen LogP contribution in [0.2, 0.25) is 0 Å². The summed E-state index contributed by atoms with van der Waals surface area (Å²) in [5.74, 6) is 4.15. The number of fused-ring (bicyclic) bond motifs is 7. The highest BCUT2D eigenvalue weighted by Gasteiger charge is 2.69. The second kappa shape index (κ2) is 11.8. The minimum absolute atomic E-state index is 0.0642. The number of rotatable bonds is 5. The second-order valence-corrected chi connectivity index (χ2v) is 17.1. The minimum atomic E-state index is -0.329. The molecule has 7 rings (SSSR count). The van der Waals surface area contributed by atoms with Crippen molar-refractivity contribution in [2.24, 2.45) is 52.3 Å². The summed E-state index contributed by atoms with van der Waals surface area (Å²) in [5.41, 5.74) is 0.722. The van der Waals surface area contributed by atoms with E-state index in [4.69, 9.17) is 9.47 Å². The molecule has 3 heterocycles. The van der Waals surface area contributed by atoms with Crippen LogP contribution in [0.4, 0.5) is 0 Å². The average Bonchev–Trinajstić information content (AvgIpc) is 3.44. The first kappa shape index (κ1) is 31.4. The Morgan fingerprint density at radius 3 is 2.39 bits per heavy atom. The van der Waals surface area contributed by atoms with Crippen LogP contribution in [-0.2, 0) is 19.1 Å². The molecule has 7 aliphatic rings. The van der Waals surface area contributed by atoms with Crippen molar-refractivity contribution < 1.29 is 19.1 Å². The van der Waals surface area contributed by atoms with Gasteiger partial charge in [-0.25, -0.2) is 0 Å². The van der Waals surface area contributed by atoms with E-state index < -0.39 is 0 Å². The van der Waals surface area contributed by atoms with Gasteiger partial charge in [0.05, 0.1) is 19.4 Å². The number of piperazine rings is 1. The Balaban J connectivity index is 0.927. The predicted octanol–water partition coefficient (Wildman–Crippen LogP) is 4.63. The third-order valence-corrected chi connectivity index (χ3v) is 14.7. The molecule has 0 aromatic rings. The summed E-state index contributed by atoms with van der Waals surface area (Å²) in [6.45, 7) is 15.3. The summed E-state index contributed by atoms with van der Waals surface area (Å²) in [4.78, 5) is 30.0. The Hall–Kier alpha value is -1.22. The third-order valence-electron chi connectivity index (χ3n) is 14.7. The van der Waals surface area contributed by atoms with E-state index in [0.29, 0.717) is 47.3 Å². The summed E-state index contributed by atoms with van der Waals surface area (Å²) < 4.78 is 13.5. The molecule has 7 fully saturated rings. The molecule has 8 heteroatoms. The predicted molar refractivity (Wildman–Crippen MR) is 170 cm³/mol. The SMILES string of the molecule is C[C@H]1CC[C@@]2(OC1)O[C@H]1C[C@H]3[C@@H]4CC[C@@H]5CC(NC(=O)CC(=O)NCN6CCN(C)CC6)CC[C@]5(C)[C@H]4CC[C@]3(C)[C@H]1[C@@H]2C. The molecule has 1 spiro atoms. The van der Waals surface area contributed by atoms with Crippen LogP contribution >= 0.6 is 0 Å². The van der Waals surface area contributed by atoms with E-state index in [1.54, 1.807) is 0 Å². The molecule has 8 nitrogen and oxygen atoms in total. The van der Waals surface area contributed by atoms with Crippen LogP contribution in [0.1, 0.15) is 98.3 Å². The Morgan fingerprint density at radius 1 is 0.864 bits per heavy atom. The number of carbonyl (C=O) groups excluding carboxylic acids is 2. The number of carbonyl (C=O) groups is 2. The monoisotopic (exact) mass is 612 g/mol. The van der Waals surface area contributed by atoms with Gasteiger partial charge in [0.2, 0.25) is 11.8 Å². The van der Waals surface area contributed by atoms with Crippen molar-refractivity contribution in [2.45, 2.75) is 116 Å². The highest BCUT2D eigenvalue weighted by molar-refractivity contribution is 5.96. The van der Waals surface area contributed by atoms with Gasteiger partial charge in [0.1, 0.15) is 6.42 Å². The lowest BCUT2D eigenvalue weighted by Gasteiger charge is -2.61. The molecule has 4 saturated carbocycles. The van der Waals surface area contributed by atoms with E-state index in [9.17, 15) is 9.59 Å². The molecule has 2 N–H and O–H groups in total. The van der Waals surface area contributed by atoms with Crippen molar-refractivity contribution in [1.29, 1.82) is 0 Å². The lowest BCUT2D eigenvalue weighted by Crippen LogP contribution is -2.56. The lowest BCUT2D eigenvalue weighted by molar-refractivity contribution is -0.273. The second-order valence-electron chi connectivity index (χ2n) is 17.1. The average molecular weight is 613 g/mol. The van der Waals surface area contributed by atoms with Crippen molar-refractivity contribution in [1.82, 2.24) is 20.4 Å². The van der Waals surface area contributed by atoms with Gasteiger partial charge in [0, 0.05) is 44.6 Å². The zero-order chi connectivity index (χ0) is 30.9. The van der Waals surface area contributed by atoms with Crippen molar-refractivity contribution >= 4 is 11.8 Å². The Kier molecular flexibility index (Phi) is 8.41. The summed E-state index contributed by atoms with van der Waals surface area (Å²) in [7, 11) is 2.13. The van der Waals surface area contributed by atoms with Gasteiger partial charge in [-0.1, -0.05) is 27.7 Å². The molecule has 0 bridgehead atoms. The van der Waals surface area contributed by atoms with Crippen molar-refractivity contribution in [3.05, 3.63) is 0 Å². The highest BCUT2D eigenvalue weighted by atomic mass is 16.7. The minimum Gasteiger partial charge on any atom is -0.353 e. The third kappa shape index (κ3) is 5.35. The zero-order valence-electron chi connectivity index (χ0n) is 28.2. The highest BCUT2D eigenvalue weighted by Crippen LogP contribution is 2.71. The van der Waals surface area contributed by atoms with E-state index in [1.807, 2.05) is 0 Å². The summed E-state index contributed by atoms with van der Waals surface area (Å²) in [6, 6.07) is 0.200. The van der Waals surface area contributed by atoms with E-state index >= 15 is 0 Å². The van der Waals surface area contributed by atoms with Gasteiger partial charge in [0.15, 0.2) is 5.79 Å². The normalized spacial score (nSPS) is 49.1. The fraction of sp³-hybridized carbons (Fsp3) is 0.944. The maximum atomic E-state index is 12.9. The number of ether oxygens (including phenoxy) is 2. The smallest absolute Gasteiger partial charge is 0.230 e. The molecule has 0 aromatic carbocycles. The van der Waals surface area contributed by atoms with E-state index in [-0.39, 0.29) is 30.1 Å². The fourth-order valence-electron chi connectivity index (χ4n) is 12.1. The molecule has 4 aliphatic carbocycles. The van der Waals surface area contributed by atoms with Crippen molar-refractivity contribution in [3.63, 3.8) is 0 Å². The Labute approximate surface area is 266 Å². The number of nitrogens with one attached hydrogen (secondary N) is 2. The van der Waals surface area contributed by atoms with Gasteiger partial charge in [-0.3, -0.25) is 14.5 Å². The van der Waals surface area contributed by atoms with E-state index in [0.717, 1.165) is 69.8 Å². The van der Waals surface area contributed by atoms with Crippen LogP contribution in [0.3, 0.4) is 0 Å². The first-order valence-electron chi connectivity index (χ1n) is 18.3. The van der Waals surface area contributed by atoms with Gasteiger partial charge in [-0.15, -0.1) is 0 Å². The molecule has 0 radical (unpaired) electrons. The number of hydrogen-bond acceptors (Lipinski definition) is 6. The Morgan fingerprint density at radius 2 is 1.64 bits per heavy atom. The van der Waals surface area contributed by atoms with Gasteiger partial charge in [0.25, 0.3) is 0 Å². The summed E-state index contributed by atoms with van der Waals surface area (Å²) in [5, 5.41) is 6.24. The van der Waals surface area contributed by atoms with Gasteiger partial charge >= 0.3 is 0 Å². The maximum Gasteiger partial charge on any atom is 0.230 e. The number of hydrogen-bond donors (Lipinski definition) is 2. The summed E-state index contributed by atoms with van der Waals surface area (Å²) >= 11 is 0. The topological polar surface area (TPSA) is 83.1 Å². The molecule has 1 unspecified atom stereocenters. The van der Waals surface area contributed by atoms with Crippen LogP contribution in [0.5, 0.6) is 0 Å². The van der Waals surface area contributed by atoms with Crippen LogP contribution in [-0.4, -0.2) is 86.0 Å². The quantitative estimate of drug-likeness (QED) is 0.441. The first-order valence-corrected chi connectivity index (χ1v) is 18.3. The van der Waals surface area contributed by atoms with Crippen LogP contribution in [0.15, 0.2) is 0 Å². The lowest BCUT2D eigenvalue weighted by atomic mass is 9.44.